The Morgan fingerprint density at radius 1 is 1.33 bits per heavy atom. The van der Waals surface area contributed by atoms with Crippen LogP contribution in [0.3, 0.4) is 0 Å². The van der Waals surface area contributed by atoms with E-state index in [4.69, 9.17) is 4.74 Å². The second-order valence-electron chi connectivity index (χ2n) is 4.69. The van der Waals surface area contributed by atoms with Crippen molar-refractivity contribution in [3.8, 4) is 0 Å². The predicted octanol–water partition coefficient (Wildman–Crippen LogP) is 3.81. The van der Waals surface area contributed by atoms with Gasteiger partial charge in [0.1, 0.15) is 0 Å². The third-order valence-electron chi connectivity index (χ3n) is 2.88. The number of methoxy groups -OCH3 is 1. The fourth-order valence-corrected chi connectivity index (χ4v) is 3.74. The topological polar surface area (TPSA) is 38.3 Å². The summed E-state index contributed by atoms with van der Waals surface area (Å²) in [5.74, 6) is 0.837. The molecule has 3 nitrogen and oxygen atoms in total. The van der Waals surface area contributed by atoms with Gasteiger partial charge in [-0.1, -0.05) is 18.2 Å². The number of benzene rings is 1. The number of thioether (sulfide) groups is 1. The van der Waals surface area contributed by atoms with Gasteiger partial charge in [-0.2, -0.15) is 0 Å². The van der Waals surface area contributed by atoms with E-state index in [1.807, 2.05) is 37.3 Å². The molecule has 1 amide bonds. The molecule has 2 rings (SSSR count). The summed E-state index contributed by atoms with van der Waals surface area (Å²) in [6, 6.07) is 11.9. The van der Waals surface area contributed by atoms with Gasteiger partial charge >= 0.3 is 0 Å². The summed E-state index contributed by atoms with van der Waals surface area (Å²) in [7, 11) is 1.63. The molecule has 0 bridgehead atoms. The van der Waals surface area contributed by atoms with E-state index in [1.165, 1.54) is 4.88 Å². The Morgan fingerprint density at radius 2 is 2.14 bits per heavy atom. The zero-order chi connectivity index (χ0) is 15.1. The summed E-state index contributed by atoms with van der Waals surface area (Å²) >= 11 is 3.43. The second-order valence-corrected chi connectivity index (χ2v) is 6.74. The van der Waals surface area contributed by atoms with Crippen molar-refractivity contribution in [2.24, 2.45) is 0 Å². The lowest BCUT2D eigenvalue weighted by Crippen LogP contribution is -2.35. The molecule has 0 aliphatic carbocycles. The largest absolute Gasteiger partial charge is 0.383 e. The number of ether oxygens (including phenoxy) is 1. The number of carbonyl (C=O) groups is 1. The molecule has 1 aromatic carbocycles. The van der Waals surface area contributed by atoms with Gasteiger partial charge in [0.25, 0.3) is 5.91 Å². The molecule has 0 aliphatic heterocycles. The summed E-state index contributed by atoms with van der Waals surface area (Å²) in [4.78, 5) is 14.7. The molecule has 1 heterocycles. The van der Waals surface area contributed by atoms with Crippen molar-refractivity contribution < 1.29 is 9.53 Å². The van der Waals surface area contributed by atoms with Crippen LogP contribution in [-0.2, 0) is 10.5 Å². The fourth-order valence-electron chi connectivity index (χ4n) is 1.92. The average molecular weight is 321 g/mol. The number of hydrogen-bond acceptors (Lipinski definition) is 4. The Hall–Kier alpha value is -1.30. The van der Waals surface area contributed by atoms with Gasteiger partial charge in [-0.3, -0.25) is 4.79 Å². The zero-order valence-electron chi connectivity index (χ0n) is 12.2. The highest BCUT2D eigenvalue weighted by atomic mass is 32.2. The molecule has 2 aromatic rings. The first kappa shape index (κ1) is 16.1. The van der Waals surface area contributed by atoms with Crippen molar-refractivity contribution in [2.75, 3.05) is 13.7 Å². The van der Waals surface area contributed by atoms with Gasteiger partial charge in [-0.25, -0.2) is 0 Å². The van der Waals surface area contributed by atoms with E-state index in [1.54, 1.807) is 30.2 Å². The summed E-state index contributed by atoms with van der Waals surface area (Å²) < 4.78 is 5.05. The minimum absolute atomic E-state index is 0.00199. The molecule has 1 atom stereocenters. The molecule has 0 spiro atoms. The normalized spacial score (nSPS) is 12.1. The molecule has 21 heavy (non-hydrogen) atoms. The predicted molar refractivity (Wildman–Crippen MR) is 89.1 cm³/mol. The number of thiophene rings is 1. The third-order valence-corrected chi connectivity index (χ3v) is 5.06. The van der Waals surface area contributed by atoms with Crippen LogP contribution in [0.25, 0.3) is 0 Å². The van der Waals surface area contributed by atoms with Crippen LogP contribution in [0.2, 0.25) is 0 Å². The van der Waals surface area contributed by atoms with Crippen LogP contribution in [0.5, 0.6) is 0 Å². The van der Waals surface area contributed by atoms with Gasteiger partial charge in [0.2, 0.25) is 0 Å². The highest BCUT2D eigenvalue weighted by Gasteiger charge is 2.13. The third kappa shape index (κ3) is 4.88. The van der Waals surface area contributed by atoms with E-state index in [-0.39, 0.29) is 11.9 Å². The van der Waals surface area contributed by atoms with E-state index in [0.717, 1.165) is 16.2 Å². The average Bonchev–Trinajstić information content (AvgIpc) is 2.99. The SMILES string of the molecule is COCC(C)NC(=O)c1ccccc1SCc1cccs1. The van der Waals surface area contributed by atoms with Gasteiger partial charge in [-0.15, -0.1) is 23.1 Å². The monoisotopic (exact) mass is 321 g/mol. The maximum absolute atomic E-state index is 12.3. The van der Waals surface area contributed by atoms with Crippen molar-refractivity contribution in [1.82, 2.24) is 5.32 Å². The zero-order valence-corrected chi connectivity index (χ0v) is 13.8. The first-order chi connectivity index (χ1) is 10.2. The summed E-state index contributed by atoms with van der Waals surface area (Å²) in [6.45, 7) is 2.44. The van der Waals surface area contributed by atoms with Gasteiger partial charge < -0.3 is 10.1 Å². The number of amides is 1. The van der Waals surface area contributed by atoms with Crippen molar-refractivity contribution in [3.63, 3.8) is 0 Å². The lowest BCUT2D eigenvalue weighted by Gasteiger charge is -2.14. The molecule has 1 unspecified atom stereocenters. The van der Waals surface area contributed by atoms with Crippen LogP contribution < -0.4 is 5.32 Å². The first-order valence-electron chi connectivity index (χ1n) is 6.74. The molecule has 1 aromatic heterocycles. The van der Waals surface area contributed by atoms with Gasteiger partial charge in [-0.05, 0) is 30.5 Å². The Balaban J connectivity index is 2.03. The summed E-state index contributed by atoms with van der Waals surface area (Å²) in [6.07, 6.45) is 0. The number of nitrogens with one attached hydrogen (secondary N) is 1. The molecular formula is C16H19NO2S2. The minimum Gasteiger partial charge on any atom is -0.383 e. The lowest BCUT2D eigenvalue weighted by molar-refractivity contribution is 0.0902. The molecule has 0 saturated heterocycles. The summed E-state index contributed by atoms with van der Waals surface area (Å²) in [5.41, 5.74) is 0.724. The van der Waals surface area contributed by atoms with Crippen LogP contribution >= 0.6 is 23.1 Å². The van der Waals surface area contributed by atoms with E-state index in [0.29, 0.717) is 6.61 Å². The highest BCUT2D eigenvalue weighted by Crippen LogP contribution is 2.27. The van der Waals surface area contributed by atoms with Crippen molar-refractivity contribution in [2.45, 2.75) is 23.6 Å². The Kier molecular flexibility index (Phi) is 6.29. The van der Waals surface area contributed by atoms with Crippen LogP contribution in [0.1, 0.15) is 22.2 Å². The first-order valence-corrected chi connectivity index (χ1v) is 8.61. The molecule has 0 aliphatic rings. The number of rotatable bonds is 7. The van der Waals surface area contributed by atoms with Crippen LogP contribution in [0, 0.1) is 0 Å². The molecule has 0 saturated carbocycles. The quantitative estimate of drug-likeness (QED) is 0.788. The smallest absolute Gasteiger partial charge is 0.252 e. The maximum Gasteiger partial charge on any atom is 0.252 e. The summed E-state index contributed by atoms with van der Waals surface area (Å²) in [5, 5.41) is 5.03. The van der Waals surface area contributed by atoms with Crippen LogP contribution in [0.4, 0.5) is 0 Å². The van der Waals surface area contributed by atoms with E-state index in [9.17, 15) is 4.79 Å². The molecule has 0 radical (unpaired) electrons. The van der Waals surface area contributed by atoms with E-state index >= 15 is 0 Å². The van der Waals surface area contributed by atoms with Gasteiger partial charge in [0.05, 0.1) is 12.2 Å². The Morgan fingerprint density at radius 3 is 2.86 bits per heavy atom. The molecular weight excluding hydrogens is 302 g/mol. The van der Waals surface area contributed by atoms with Crippen LogP contribution in [-0.4, -0.2) is 25.7 Å². The highest BCUT2D eigenvalue weighted by molar-refractivity contribution is 7.98. The van der Waals surface area contributed by atoms with E-state index < -0.39 is 0 Å². The minimum atomic E-state index is -0.0474. The Bertz CT molecular complexity index is 569. The number of hydrogen-bond donors (Lipinski definition) is 1. The Labute approximate surface area is 133 Å². The molecule has 5 heteroatoms. The molecule has 1 N–H and O–H groups in total. The van der Waals surface area contributed by atoms with Gasteiger partial charge in [0, 0.05) is 28.7 Å². The second kappa shape index (κ2) is 8.22. The van der Waals surface area contributed by atoms with Crippen LogP contribution in [0.15, 0.2) is 46.7 Å². The fraction of sp³-hybridized carbons (Fsp3) is 0.312. The molecule has 112 valence electrons. The number of carbonyl (C=O) groups excluding carboxylic acids is 1. The van der Waals surface area contributed by atoms with Crippen molar-refractivity contribution in [1.29, 1.82) is 0 Å². The van der Waals surface area contributed by atoms with Gasteiger partial charge in [0.15, 0.2) is 0 Å². The van der Waals surface area contributed by atoms with Crippen molar-refractivity contribution >= 4 is 29.0 Å². The molecule has 0 fully saturated rings. The van der Waals surface area contributed by atoms with E-state index in [2.05, 4.69) is 16.8 Å². The van der Waals surface area contributed by atoms with Crippen molar-refractivity contribution in [3.05, 3.63) is 52.2 Å². The maximum atomic E-state index is 12.3. The lowest BCUT2D eigenvalue weighted by atomic mass is 10.2. The standard InChI is InChI=1S/C16H19NO2S2/c1-12(10-19-2)17-16(18)14-7-3-4-8-15(14)21-11-13-6-5-9-20-13/h3-9,12H,10-11H2,1-2H3,(H,17,18).